The SMILES string of the molecule is CC/C=C\C/C=C\C/C=C\C/C=C\C/C=C\C/C=C\C/C=C\CCCCCCCCCCCCCCCC(=O)NC(COC1OC(CO)C(OC2OC(CO)C(O)C(O)C2O)C(O)C1O)C(O)/C=C/CC/C=C/CC/C=C/CCCC. The van der Waals surface area contributed by atoms with Gasteiger partial charge in [-0.05, 0) is 96.3 Å². The van der Waals surface area contributed by atoms with Crippen LogP contribution in [-0.4, -0.2) is 140 Å². The van der Waals surface area contributed by atoms with Crippen LogP contribution in [0, 0.1) is 0 Å². The van der Waals surface area contributed by atoms with E-state index in [-0.39, 0.29) is 18.9 Å². The van der Waals surface area contributed by atoms with Crippen LogP contribution in [0.2, 0.25) is 0 Å². The van der Waals surface area contributed by atoms with E-state index in [9.17, 15) is 45.6 Å². The number of carbonyl (C=O) groups is 1. The van der Waals surface area contributed by atoms with Crippen molar-refractivity contribution in [2.45, 2.75) is 274 Å². The van der Waals surface area contributed by atoms with Gasteiger partial charge in [0.15, 0.2) is 12.6 Å². The van der Waals surface area contributed by atoms with Gasteiger partial charge in [0, 0.05) is 6.42 Å². The fraction of sp³-hybridized carbons (Fsp3) is 0.687. The normalized spacial score (nSPS) is 25.0. The van der Waals surface area contributed by atoms with E-state index < -0.39 is 86.8 Å². The molecule has 2 rings (SSSR count). The topological polar surface area (TPSA) is 228 Å². The standard InChI is InChI=1S/C67H111NO13/c1-3-5-7-9-11-13-15-17-18-19-20-21-22-23-24-25-26-27-28-29-30-31-32-33-34-35-36-37-38-39-41-43-45-47-49-51-59(72)68-55(56(71)50-48-46-44-42-40-16-14-12-10-8-6-4-2)54-78-66-64(77)62(75)65(58(53-70)80-66)81-67-63(76)61(74)60(73)57(52-69)79-67/h5,7,10-13,17-18,20-21,23-24,26-27,29-30,40,42,48,50,55-58,60-67,69-71,73-77H,3-4,6,8-9,14-16,19,22,25,28,31-39,41,43-47,49,51-54H2,1-2H3,(H,68,72)/b7-5-,12-10+,13-11-,18-17-,21-20-,24-23-,27-26-,30-29-,42-40+,50-48+. The van der Waals surface area contributed by atoms with Gasteiger partial charge < -0.3 is 65.1 Å². The molecule has 0 aromatic rings. The highest BCUT2D eigenvalue weighted by Gasteiger charge is 2.51. The van der Waals surface area contributed by atoms with Gasteiger partial charge in [-0.25, -0.2) is 0 Å². The molecule has 14 heteroatoms. The Morgan fingerprint density at radius 1 is 0.457 bits per heavy atom. The molecule has 81 heavy (non-hydrogen) atoms. The van der Waals surface area contributed by atoms with Gasteiger partial charge in [-0.2, -0.15) is 0 Å². The molecule has 2 aliphatic rings. The molecule has 12 unspecified atom stereocenters. The molecule has 0 aliphatic carbocycles. The van der Waals surface area contributed by atoms with E-state index in [1.165, 1.54) is 70.6 Å². The van der Waals surface area contributed by atoms with E-state index in [0.717, 1.165) is 96.3 Å². The largest absolute Gasteiger partial charge is 0.394 e. The minimum atomic E-state index is -1.80. The van der Waals surface area contributed by atoms with Gasteiger partial charge >= 0.3 is 0 Å². The second-order valence-corrected chi connectivity index (χ2v) is 21.4. The fourth-order valence-electron chi connectivity index (χ4n) is 9.35. The second-order valence-electron chi connectivity index (χ2n) is 21.4. The Bertz CT molecular complexity index is 1820. The maximum absolute atomic E-state index is 13.2. The van der Waals surface area contributed by atoms with Crippen LogP contribution in [0.1, 0.15) is 200 Å². The number of hydrogen-bond acceptors (Lipinski definition) is 13. The molecule has 12 atom stereocenters. The molecule has 0 aromatic heterocycles. The van der Waals surface area contributed by atoms with Gasteiger partial charge in [0.05, 0.1) is 32.0 Å². The maximum Gasteiger partial charge on any atom is 0.220 e. The van der Waals surface area contributed by atoms with Gasteiger partial charge in [0.1, 0.15) is 48.8 Å². The number of hydrogen-bond donors (Lipinski definition) is 9. The Morgan fingerprint density at radius 3 is 1.36 bits per heavy atom. The molecule has 0 radical (unpaired) electrons. The van der Waals surface area contributed by atoms with Crippen LogP contribution in [0.25, 0.3) is 0 Å². The zero-order chi connectivity index (χ0) is 58.8. The Kier molecular flexibility index (Phi) is 46.1. The maximum atomic E-state index is 13.2. The lowest BCUT2D eigenvalue weighted by Gasteiger charge is -2.46. The summed E-state index contributed by atoms with van der Waals surface area (Å²) in [4.78, 5) is 13.2. The third-order valence-electron chi connectivity index (χ3n) is 14.4. The van der Waals surface area contributed by atoms with Crippen LogP contribution >= 0.6 is 0 Å². The van der Waals surface area contributed by atoms with E-state index in [0.29, 0.717) is 12.8 Å². The first kappa shape index (κ1) is 73.5. The van der Waals surface area contributed by atoms with Crippen molar-refractivity contribution in [3.05, 3.63) is 122 Å². The molecule has 2 heterocycles. The van der Waals surface area contributed by atoms with Crippen LogP contribution in [0.4, 0.5) is 0 Å². The van der Waals surface area contributed by atoms with E-state index in [2.05, 4.69) is 129 Å². The summed E-state index contributed by atoms with van der Waals surface area (Å²) in [5, 5.41) is 87.0. The Labute approximate surface area is 488 Å². The first-order valence-electron chi connectivity index (χ1n) is 31.3. The zero-order valence-corrected chi connectivity index (χ0v) is 49.7. The molecule has 9 N–H and O–H groups in total. The second kappa shape index (κ2) is 50.9. The van der Waals surface area contributed by atoms with E-state index in [1.807, 2.05) is 6.08 Å². The summed E-state index contributed by atoms with van der Waals surface area (Å²) in [7, 11) is 0. The highest BCUT2D eigenvalue weighted by atomic mass is 16.7. The quantitative estimate of drug-likeness (QED) is 0.0204. The highest BCUT2D eigenvalue weighted by Crippen LogP contribution is 2.30. The number of carbonyl (C=O) groups excluding carboxylic acids is 1. The minimum absolute atomic E-state index is 0.261. The summed E-state index contributed by atoms with van der Waals surface area (Å²) >= 11 is 0. The van der Waals surface area contributed by atoms with Gasteiger partial charge in [0.25, 0.3) is 0 Å². The fourth-order valence-corrected chi connectivity index (χ4v) is 9.35. The van der Waals surface area contributed by atoms with Gasteiger partial charge in [0.2, 0.25) is 5.91 Å². The first-order valence-corrected chi connectivity index (χ1v) is 31.3. The number of amides is 1. The molecule has 1 amide bonds. The van der Waals surface area contributed by atoms with E-state index in [1.54, 1.807) is 6.08 Å². The lowest BCUT2D eigenvalue weighted by molar-refractivity contribution is -0.359. The number of ether oxygens (including phenoxy) is 4. The molecule has 2 fully saturated rings. The number of rotatable bonds is 48. The van der Waals surface area contributed by atoms with Crippen LogP contribution < -0.4 is 5.32 Å². The van der Waals surface area contributed by atoms with Crippen molar-refractivity contribution in [3.63, 3.8) is 0 Å². The first-order chi connectivity index (χ1) is 39.6. The monoisotopic (exact) mass is 1140 g/mol. The van der Waals surface area contributed by atoms with Crippen molar-refractivity contribution in [2.75, 3.05) is 19.8 Å². The summed E-state index contributed by atoms with van der Waals surface area (Å²) in [6, 6.07) is -0.945. The average molecular weight is 1140 g/mol. The summed E-state index contributed by atoms with van der Waals surface area (Å²) in [5.74, 6) is -0.262. The van der Waals surface area contributed by atoms with Crippen molar-refractivity contribution >= 4 is 5.91 Å². The molecule has 0 saturated carbocycles. The molecule has 0 bridgehead atoms. The van der Waals surface area contributed by atoms with Crippen LogP contribution in [0.3, 0.4) is 0 Å². The Hall–Kier alpha value is -3.61. The zero-order valence-electron chi connectivity index (χ0n) is 49.7. The molecule has 2 saturated heterocycles. The van der Waals surface area contributed by atoms with E-state index in [4.69, 9.17) is 18.9 Å². The molecular formula is C67H111NO13. The molecule has 2 aliphatic heterocycles. The lowest BCUT2D eigenvalue weighted by atomic mass is 9.97. The van der Waals surface area contributed by atoms with Crippen molar-refractivity contribution in [3.8, 4) is 0 Å². The third-order valence-corrected chi connectivity index (χ3v) is 14.4. The smallest absolute Gasteiger partial charge is 0.220 e. The number of allylic oxidation sites excluding steroid dienone is 19. The van der Waals surface area contributed by atoms with Crippen LogP contribution in [0.5, 0.6) is 0 Å². The van der Waals surface area contributed by atoms with Crippen molar-refractivity contribution in [1.82, 2.24) is 5.32 Å². The third kappa shape index (κ3) is 36.0. The molecule has 0 spiro atoms. The summed E-state index contributed by atoms with van der Waals surface area (Å²) in [6.45, 7) is 2.58. The Balaban J connectivity index is 1.64. The average Bonchev–Trinajstić information content (AvgIpc) is 3.46. The van der Waals surface area contributed by atoms with Crippen LogP contribution in [-0.2, 0) is 23.7 Å². The van der Waals surface area contributed by atoms with E-state index >= 15 is 0 Å². The number of nitrogens with one attached hydrogen (secondary N) is 1. The number of aliphatic hydroxyl groups is 8. The van der Waals surface area contributed by atoms with Gasteiger partial charge in [-0.15, -0.1) is 0 Å². The predicted octanol–water partition coefficient (Wildman–Crippen LogP) is 11.4. The summed E-state index contributed by atoms with van der Waals surface area (Å²) in [5.41, 5.74) is 0. The molecule has 462 valence electrons. The van der Waals surface area contributed by atoms with Gasteiger partial charge in [-0.1, -0.05) is 219 Å². The molecule has 14 nitrogen and oxygen atoms in total. The molecular weight excluding hydrogens is 1030 g/mol. The minimum Gasteiger partial charge on any atom is -0.394 e. The van der Waals surface area contributed by atoms with Gasteiger partial charge in [-0.3, -0.25) is 4.79 Å². The highest BCUT2D eigenvalue weighted by molar-refractivity contribution is 5.76. The lowest BCUT2D eigenvalue weighted by Crippen LogP contribution is -2.65. The molecule has 0 aromatic carbocycles. The summed E-state index contributed by atoms with van der Waals surface area (Å²) in [6.07, 6.45) is 56.9. The summed E-state index contributed by atoms with van der Waals surface area (Å²) < 4.78 is 22.7. The van der Waals surface area contributed by atoms with Crippen molar-refractivity contribution < 1.29 is 64.6 Å². The van der Waals surface area contributed by atoms with Crippen molar-refractivity contribution in [1.29, 1.82) is 0 Å². The Morgan fingerprint density at radius 2 is 0.864 bits per heavy atom. The predicted molar refractivity (Wildman–Crippen MR) is 327 cm³/mol. The van der Waals surface area contributed by atoms with Crippen LogP contribution in [0.15, 0.2) is 122 Å². The number of aliphatic hydroxyl groups excluding tert-OH is 8. The van der Waals surface area contributed by atoms with Crippen molar-refractivity contribution in [2.24, 2.45) is 0 Å². The number of unbranched alkanes of at least 4 members (excludes halogenated alkanes) is 17.